The molecule has 2 heteroatoms. The summed E-state index contributed by atoms with van der Waals surface area (Å²) in [5.41, 5.74) is 9.64. The molecule has 0 amide bonds. The topological polar surface area (TPSA) is 0 Å². The SMILES string of the molecule is CCCCCCc1ccc(-c2cc(C#CI)c(-c3ccc(CCCCCC)cc3)cc2C#CI)cc1. The lowest BCUT2D eigenvalue weighted by Gasteiger charge is -2.13. The zero-order valence-corrected chi connectivity index (χ0v) is 25.9. The summed E-state index contributed by atoms with van der Waals surface area (Å²) in [6, 6.07) is 22.6. The average molecular weight is 698 g/mol. The fourth-order valence-corrected chi connectivity index (χ4v) is 5.18. The molecule has 0 fully saturated rings. The van der Waals surface area contributed by atoms with Crippen LogP contribution < -0.4 is 0 Å². The summed E-state index contributed by atoms with van der Waals surface area (Å²) in [5.74, 6) is 6.71. The van der Waals surface area contributed by atoms with Crippen molar-refractivity contribution in [2.24, 2.45) is 0 Å². The molecule has 0 aliphatic rings. The minimum absolute atomic E-state index is 1.05. The number of hydrogen-bond acceptors (Lipinski definition) is 0. The molecule has 186 valence electrons. The summed E-state index contributed by atoms with van der Waals surface area (Å²) in [4.78, 5) is 0. The van der Waals surface area contributed by atoms with Gasteiger partial charge in [-0.1, -0.05) is 113 Å². The number of hydrogen-bond donors (Lipinski definition) is 0. The van der Waals surface area contributed by atoms with E-state index in [-0.39, 0.29) is 0 Å². The molecule has 0 atom stereocenters. The molecule has 0 unspecified atom stereocenters. The normalized spacial score (nSPS) is 10.3. The molecule has 0 heterocycles. The van der Waals surface area contributed by atoms with Crippen LogP contribution >= 0.6 is 45.2 Å². The van der Waals surface area contributed by atoms with Gasteiger partial charge in [0.15, 0.2) is 0 Å². The van der Waals surface area contributed by atoms with Crippen LogP contribution in [0.1, 0.15) is 87.5 Å². The van der Waals surface area contributed by atoms with Crippen LogP contribution in [0, 0.1) is 19.7 Å². The van der Waals surface area contributed by atoms with E-state index in [2.05, 4.69) is 139 Å². The fraction of sp³-hybridized carbons (Fsp3) is 0.353. The van der Waals surface area contributed by atoms with Gasteiger partial charge in [-0.25, -0.2) is 0 Å². The van der Waals surface area contributed by atoms with E-state index in [1.165, 1.54) is 73.6 Å². The van der Waals surface area contributed by atoms with Crippen molar-refractivity contribution in [1.29, 1.82) is 0 Å². The third-order valence-electron chi connectivity index (χ3n) is 6.69. The highest BCUT2D eigenvalue weighted by Gasteiger charge is 2.12. The summed E-state index contributed by atoms with van der Waals surface area (Å²) in [5, 5.41) is 0. The number of rotatable bonds is 12. The summed E-state index contributed by atoms with van der Waals surface area (Å²) in [6.07, 6.45) is 12.7. The second-order valence-corrected chi connectivity index (χ2v) is 10.5. The van der Waals surface area contributed by atoms with Crippen molar-refractivity contribution in [3.8, 4) is 41.9 Å². The maximum Gasteiger partial charge on any atom is 0.0338 e. The van der Waals surface area contributed by atoms with E-state index in [1.807, 2.05) is 0 Å². The zero-order chi connectivity index (χ0) is 25.6. The van der Waals surface area contributed by atoms with Crippen LogP contribution in [0.5, 0.6) is 0 Å². The lowest BCUT2D eigenvalue weighted by molar-refractivity contribution is 0.667. The summed E-state index contributed by atoms with van der Waals surface area (Å²) < 4.78 is 6.20. The molecular formula is C34H36I2. The predicted molar refractivity (Wildman–Crippen MR) is 175 cm³/mol. The summed E-state index contributed by atoms with van der Waals surface area (Å²) in [6.45, 7) is 4.52. The largest absolute Gasteiger partial charge is 0.0654 e. The van der Waals surface area contributed by atoms with E-state index < -0.39 is 0 Å². The molecule has 0 bridgehead atoms. The van der Waals surface area contributed by atoms with Crippen LogP contribution in [-0.2, 0) is 12.8 Å². The highest BCUT2D eigenvalue weighted by atomic mass is 127. The highest BCUT2D eigenvalue weighted by molar-refractivity contribution is 14.1. The molecule has 0 aliphatic carbocycles. The second-order valence-electron chi connectivity index (χ2n) is 9.40. The van der Waals surface area contributed by atoms with E-state index in [0.29, 0.717) is 0 Å². The standard InChI is InChI=1S/C34H36I2/c1-3-5-7-9-11-27-13-17-29(18-14-27)33-25-32(22-24-36)34(26-31(33)21-23-35)30-19-15-28(16-20-30)12-10-8-6-4-2/h13-20,25-26H,3-12H2,1-2H3. The van der Waals surface area contributed by atoms with Crippen molar-refractivity contribution in [3.63, 3.8) is 0 Å². The Labute approximate surface area is 246 Å². The van der Waals surface area contributed by atoms with Crippen LogP contribution in [0.3, 0.4) is 0 Å². The first-order valence-electron chi connectivity index (χ1n) is 13.3. The Kier molecular flexibility index (Phi) is 12.9. The van der Waals surface area contributed by atoms with Gasteiger partial charge < -0.3 is 0 Å². The number of benzene rings is 3. The third-order valence-corrected chi connectivity index (χ3v) is 7.23. The molecule has 0 nitrogen and oxygen atoms in total. The van der Waals surface area contributed by atoms with Gasteiger partial charge in [0.25, 0.3) is 0 Å². The minimum Gasteiger partial charge on any atom is -0.0654 e. The molecule has 0 aliphatic heterocycles. The Morgan fingerprint density at radius 1 is 0.528 bits per heavy atom. The molecule has 36 heavy (non-hydrogen) atoms. The molecular weight excluding hydrogens is 662 g/mol. The van der Waals surface area contributed by atoms with Crippen molar-refractivity contribution in [2.75, 3.05) is 0 Å². The Morgan fingerprint density at radius 3 is 1.25 bits per heavy atom. The van der Waals surface area contributed by atoms with E-state index in [1.54, 1.807) is 0 Å². The number of halogens is 2. The number of aryl methyl sites for hydroxylation is 2. The van der Waals surface area contributed by atoms with Crippen molar-refractivity contribution in [3.05, 3.63) is 82.9 Å². The van der Waals surface area contributed by atoms with Crippen molar-refractivity contribution < 1.29 is 0 Å². The van der Waals surface area contributed by atoms with E-state index >= 15 is 0 Å². The molecule has 0 radical (unpaired) electrons. The lowest BCUT2D eigenvalue weighted by Crippen LogP contribution is -1.93. The molecule has 3 rings (SSSR count). The Balaban J connectivity index is 1.90. The van der Waals surface area contributed by atoms with Crippen molar-refractivity contribution >= 4 is 45.2 Å². The molecule has 0 aromatic heterocycles. The number of unbranched alkanes of at least 4 members (excludes halogenated alkanes) is 6. The quantitative estimate of drug-likeness (QED) is 0.100. The van der Waals surface area contributed by atoms with E-state index in [9.17, 15) is 0 Å². The Bertz CT molecular complexity index is 1110. The zero-order valence-electron chi connectivity index (χ0n) is 21.6. The van der Waals surface area contributed by atoms with Gasteiger partial charge in [0.05, 0.1) is 0 Å². The maximum absolute atomic E-state index is 3.35. The smallest absolute Gasteiger partial charge is 0.0338 e. The highest BCUT2D eigenvalue weighted by Crippen LogP contribution is 2.33. The van der Waals surface area contributed by atoms with E-state index in [0.717, 1.165) is 35.1 Å². The predicted octanol–water partition coefficient (Wildman–Crippen LogP) is 10.8. The first kappa shape index (κ1) is 28.8. The Morgan fingerprint density at radius 2 is 0.917 bits per heavy atom. The van der Waals surface area contributed by atoms with Gasteiger partial charge in [-0.3, -0.25) is 0 Å². The monoisotopic (exact) mass is 698 g/mol. The van der Waals surface area contributed by atoms with Gasteiger partial charge >= 0.3 is 0 Å². The van der Waals surface area contributed by atoms with Gasteiger partial charge in [0.1, 0.15) is 0 Å². The van der Waals surface area contributed by atoms with Gasteiger partial charge in [-0.15, -0.1) is 0 Å². The van der Waals surface area contributed by atoms with Crippen LogP contribution in [0.15, 0.2) is 60.7 Å². The molecule has 0 saturated carbocycles. The van der Waals surface area contributed by atoms with Gasteiger partial charge in [-0.2, -0.15) is 0 Å². The van der Waals surface area contributed by atoms with Crippen LogP contribution in [0.2, 0.25) is 0 Å². The molecule has 3 aromatic carbocycles. The summed E-state index contributed by atoms with van der Waals surface area (Å²) in [7, 11) is 0. The van der Waals surface area contributed by atoms with Crippen LogP contribution in [0.25, 0.3) is 22.3 Å². The fourth-order valence-electron chi connectivity index (χ4n) is 4.60. The molecule has 0 saturated heterocycles. The first-order valence-corrected chi connectivity index (χ1v) is 15.5. The van der Waals surface area contributed by atoms with Crippen molar-refractivity contribution in [2.45, 2.75) is 78.1 Å². The Hall–Kier alpha value is -1.76. The van der Waals surface area contributed by atoms with Crippen LogP contribution in [0.4, 0.5) is 0 Å². The molecule has 3 aromatic rings. The second kappa shape index (κ2) is 16.2. The van der Waals surface area contributed by atoms with Crippen molar-refractivity contribution in [1.82, 2.24) is 0 Å². The third kappa shape index (κ3) is 8.67. The maximum atomic E-state index is 3.35. The average Bonchev–Trinajstić information content (AvgIpc) is 2.91. The van der Waals surface area contributed by atoms with Gasteiger partial charge in [0, 0.05) is 56.3 Å². The van der Waals surface area contributed by atoms with E-state index in [4.69, 9.17) is 0 Å². The lowest BCUT2D eigenvalue weighted by atomic mass is 9.90. The molecule has 0 N–H and O–H groups in total. The summed E-state index contributed by atoms with van der Waals surface area (Å²) >= 11 is 4.28. The molecule has 0 spiro atoms. The first-order chi connectivity index (χ1) is 17.7. The van der Waals surface area contributed by atoms with Gasteiger partial charge in [0.2, 0.25) is 0 Å². The van der Waals surface area contributed by atoms with Gasteiger partial charge in [-0.05, 0) is 79.1 Å². The van der Waals surface area contributed by atoms with Crippen LogP contribution in [-0.4, -0.2) is 0 Å². The minimum atomic E-state index is 1.05.